The minimum absolute atomic E-state index is 0.0155. The number of hydrogen-bond acceptors (Lipinski definition) is 4. The maximum absolute atomic E-state index is 13.1. The highest BCUT2D eigenvalue weighted by Crippen LogP contribution is 2.34. The standard InChI is InChI=1S/C26H28N2O4/c1-18(29)28-16-13-19-5-3-4-6-23(19)24(28)17-25(30)27-14-11-21(12-15-27)26(31)20-7-9-22(32-2)10-8-20/h3-10,13,16,21,24H,11-12,14-15,17H2,1-2H3/t24-/m1/s1. The van der Waals surface area contributed by atoms with Crippen LogP contribution in [0.3, 0.4) is 0 Å². The zero-order valence-electron chi connectivity index (χ0n) is 18.5. The molecule has 2 aliphatic rings. The van der Waals surface area contributed by atoms with Crippen molar-refractivity contribution in [1.82, 2.24) is 9.80 Å². The molecule has 0 bridgehead atoms. The predicted molar refractivity (Wildman–Crippen MR) is 122 cm³/mol. The molecule has 1 atom stereocenters. The molecule has 32 heavy (non-hydrogen) atoms. The van der Waals surface area contributed by atoms with Crippen molar-refractivity contribution in [3.05, 3.63) is 71.4 Å². The lowest BCUT2D eigenvalue weighted by Gasteiger charge is -2.36. The van der Waals surface area contributed by atoms with E-state index in [1.807, 2.05) is 35.2 Å². The van der Waals surface area contributed by atoms with E-state index in [0.717, 1.165) is 16.9 Å². The number of carbonyl (C=O) groups excluding carboxylic acids is 3. The molecular weight excluding hydrogens is 404 g/mol. The second-order valence-electron chi connectivity index (χ2n) is 8.34. The van der Waals surface area contributed by atoms with Gasteiger partial charge in [-0.3, -0.25) is 14.4 Å². The highest BCUT2D eigenvalue weighted by molar-refractivity contribution is 5.98. The Labute approximate surface area is 188 Å². The Morgan fingerprint density at radius 1 is 1.00 bits per heavy atom. The lowest BCUT2D eigenvalue weighted by Crippen LogP contribution is -2.42. The first-order valence-electron chi connectivity index (χ1n) is 11.0. The second-order valence-corrected chi connectivity index (χ2v) is 8.34. The summed E-state index contributed by atoms with van der Waals surface area (Å²) < 4.78 is 5.16. The van der Waals surface area contributed by atoms with Crippen LogP contribution in [-0.2, 0) is 9.59 Å². The van der Waals surface area contributed by atoms with Crippen molar-refractivity contribution in [1.29, 1.82) is 0 Å². The molecule has 1 fully saturated rings. The maximum atomic E-state index is 13.1. The van der Waals surface area contributed by atoms with Crippen molar-refractivity contribution in [3.63, 3.8) is 0 Å². The average Bonchev–Trinajstić information content (AvgIpc) is 2.83. The first kappa shape index (κ1) is 21.8. The number of ketones is 1. The normalized spacial score (nSPS) is 18.2. The van der Waals surface area contributed by atoms with E-state index in [4.69, 9.17) is 4.74 Å². The summed E-state index contributed by atoms with van der Waals surface area (Å²) in [4.78, 5) is 41.6. The summed E-state index contributed by atoms with van der Waals surface area (Å²) in [5.41, 5.74) is 2.70. The molecule has 2 aromatic rings. The van der Waals surface area contributed by atoms with Gasteiger partial charge in [0, 0.05) is 37.7 Å². The molecule has 0 aromatic heterocycles. The topological polar surface area (TPSA) is 66.9 Å². The van der Waals surface area contributed by atoms with E-state index < -0.39 is 0 Å². The minimum Gasteiger partial charge on any atom is -0.497 e. The molecule has 0 N–H and O–H groups in total. The van der Waals surface area contributed by atoms with Crippen LogP contribution in [0.5, 0.6) is 5.75 Å². The number of piperidine rings is 1. The summed E-state index contributed by atoms with van der Waals surface area (Å²) in [5.74, 6) is 0.688. The number of Topliss-reactive ketones (excluding diaryl/α,β-unsaturated/α-hetero) is 1. The summed E-state index contributed by atoms with van der Waals surface area (Å²) in [6, 6.07) is 14.7. The average molecular weight is 433 g/mol. The number of fused-ring (bicyclic) bond motifs is 1. The molecule has 2 aliphatic heterocycles. The van der Waals surface area contributed by atoms with E-state index >= 15 is 0 Å². The van der Waals surface area contributed by atoms with Crippen molar-refractivity contribution in [2.75, 3.05) is 20.2 Å². The lowest BCUT2D eigenvalue weighted by atomic mass is 9.88. The number of rotatable bonds is 5. The molecule has 2 aromatic carbocycles. The monoisotopic (exact) mass is 432 g/mol. The molecule has 0 radical (unpaired) electrons. The molecule has 6 nitrogen and oxygen atoms in total. The van der Waals surface area contributed by atoms with Crippen LogP contribution in [0.25, 0.3) is 6.08 Å². The zero-order valence-corrected chi connectivity index (χ0v) is 18.5. The van der Waals surface area contributed by atoms with Crippen molar-refractivity contribution >= 4 is 23.7 Å². The smallest absolute Gasteiger partial charge is 0.225 e. The van der Waals surface area contributed by atoms with Crippen LogP contribution in [-0.4, -0.2) is 47.6 Å². The van der Waals surface area contributed by atoms with Crippen molar-refractivity contribution in [3.8, 4) is 5.75 Å². The van der Waals surface area contributed by atoms with Crippen molar-refractivity contribution < 1.29 is 19.1 Å². The van der Waals surface area contributed by atoms with E-state index in [0.29, 0.717) is 31.5 Å². The van der Waals surface area contributed by atoms with Crippen LogP contribution in [0.4, 0.5) is 0 Å². The molecule has 0 spiro atoms. The van der Waals surface area contributed by atoms with Gasteiger partial charge in [0.05, 0.1) is 19.6 Å². The number of amides is 2. The number of carbonyl (C=O) groups is 3. The molecule has 1 saturated heterocycles. The molecule has 0 unspecified atom stereocenters. The summed E-state index contributed by atoms with van der Waals surface area (Å²) in [6.45, 7) is 2.62. The van der Waals surface area contributed by atoms with E-state index in [1.54, 1.807) is 42.5 Å². The molecule has 2 heterocycles. The molecule has 166 valence electrons. The Morgan fingerprint density at radius 2 is 1.69 bits per heavy atom. The van der Waals surface area contributed by atoms with Crippen LogP contribution in [0.1, 0.15) is 53.7 Å². The molecule has 6 heteroatoms. The van der Waals surface area contributed by atoms with E-state index in [9.17, 15) is 14.4 Å². The van der Waals surface area contributed by atoms with Gasteiger partial charge in [0.1, 0.15) is 5.75 Å². The summed E-state index contributed by atoms with van der Waals surface area (Å²) in [7, 11) is 1.60. The highest BCUT2D eigenvalue weighted by atomic mass is 16.5. The number of nitrogens with zero attached hydrogens (tertiary/aromatic N) is 2. The minimum atomic E-state index is -0.306. The van der Waals surface area contributed by atoms with Crippen LogP contribution >= 0.6 is 0 Å². The second kappa shape index (κ2) is 9.39. The fourth-order valence-corrected chi connectivity index (χ4v) is 4.59. The summed E-state index contributed by atoms with van der Waals surface area (Å²) in [6.07, 6.45) is 5.21. The molecule has 0 aliphatic carbocycles. The number of likely N-dealkylation sites (tertiary alicyclic amines) is 1. The third-order valence-corrected chi connectivity index (χ3v) is 6.43. The fourth-order valence-electron chi connectivity index (χ4n) is 4.59. The summed E-state index contributed by atoms with van der Waals surface area (Å²) in [5, 5.41) is 0. The first-order chi connectivity index (χ1) is 15.5. The zero-order chi connectivity index (χ0) is 22.7. The number of methoxy groups -OCH3 is 1. The molecule has 0 saturated carbocycles. The Morgan fingerprint density at radius 3 is 2.34 bits per heavy atom. The van der Waals surface area contributed by atoms with E-state index in [2.05, 4.69) is 0 Å². The van der Waals surface area contributed by atoms with Crippen LogP contribution in [0, 0.1) is 5.92 Å². The first-order valence-corrected chi connectivity index (χ1v) is 11.0. The van der Waals surface area contributed by atoms with Crippen LogP contribution < -0.4 is 4.74 Å². The van der Waals surface area contributed by atoms with Crippen LogP contribution in [0.2, 0.25) is 0 Å². The van der Waals surface area contributed by atoms with E-state index in [-0.39, 0.29) is 36.0 Å². The summed E-state index contributed by atoms with van der Waals surface area (Å²) >= 11 is 0. The number of hydrogen-bond donors (Lipinski definition) is 0. The third kappa shape index (κ3) is 4.44. The van der Waals surface area contributed by atoms with Gasteiger partial charge in [-0.25, -0.2) is 0 Å². The lowest BCUT2D eigenvalue weighted by molar-refractivity contribution is -0.135. The quantitative estimate of drug-likeness (QED) is 0.668. The SMILES string of the molecule is COc1ccc(C(=O)C2CCN(C(=O)C[C@@H]3c4ccccc4C=CN3C(C)=O)CC2)cc1. The van der Waals surface area contributed by atoms with Gasteiger partial charge in [0.15, 0.2) is 5.78 Å². The van der Waals surface area contributed by atoms with Gasteiger partial charge in [-0.05, 0) is 54.3 Å². The van der Waals surface area contributed by atoms with Crippen molar-refractivity contribution in [2.45, 2.75) is 32.2 Å². The molecule has 4 rings (SSSR count). The highest BCUT2D eigenvalue weighted by Gasteiger charge is 2.32. The van der Waals surface area contributed by atoms with Crippen molar-refractivity contribution in [2.24, 2.45) is 5.92 Å². The van der Waals surface area contributed by atoms with Gasteiger partial charge >= 0.3 is 0 Å². The predicted octanol–water partition coefficient (Wildman–Crippen LogP) is 4.08. The molecular formula is C26H28N2O4. The Bertz CT molecular complexity index is 1040. The maximum Gasteiger partial charge on any atom is 0.225 e. The van der Waals surface area contributed by atoms with E-state index in [1.165, 1.54) is 6.92 Å². The largest absolute Gasteiger partial charge is 0.497 e. The molecule has 2 amide bonds. The Kier molecular flexibility index (Phi) is 6.40. The van der Waals surface area contributed by atoms with Gasteiger partial charge < -0.3 is 14.5 Å². The van der Waals surface area contributed by atoms with Gasteiger partial charge in [0.25, 0.3) is 0 Å². The number of benzene rings is 2. The van der Waals surface area contributed by atoms with Crippen LogP contribution in [0.15, 0.2) is 54.7 Å². The van der Waals surface area contributed by atoms with Gasteiger partial charge in [-0.15, -0.1) is 0 Å². The van der Waals surface area contributed by atoms with Gasteiger partial charge in [-0.1, -0.05) is 24.3 Å². The third-order valence-electron chi connectivity index (χ3n) is 6.43. The Balaban J connectivity index is 1.39. The Hall–Kier alpha value is -3.41. The number of ether oxygens (including phenoxy) is 1. The fraction of sp³-hybridized carbons (Fsp3) is 0.346. The van der Waals surface area contributed by atoms with Gasteiger partial charge in [-0.2, -0.15) is 0 Å². The van der Waals surface area contributed by atoms with Gasteiger partial charge in [0.2, 0.25) is 11.8 Å².